The summed E-state index contributed by atoms with van der Waals surface area (Å²) in [6, 6.07) is 0. The second-order valence-electron chi connectivity index (χ2n) is 4.78. The number of carbonyl (C=O) groups is 1. The molecule has 0 saturated carbocycles. The van der Waals surface area contributed by atoms with Gasteiger partial charge in [-0.25, -0.2) is 4.79 Å². The number of hydrogen-bond donors (Lipinski definition) is 0. The summed E-state index contributed by atoms with van der Waals surface area (Å²) < 4.78 is 9.97. The summed E-state index contributed by atoms with van der Waals surface area (Å²) in [6.45, 7) is 5.37. The van der Waals surface area contributed by atoms with Crippen molar-refractivity contribution >= 4 is 6.16 Å². The van der Waals surface area contributed by atoms with E-state index in [9.17, 15) is 4.79 Å². The largest absolute Gasteiger partial charge is 0.508 e. The molecule has 0 saturated heterocycles. The first-order chi connectivity index (χ1) is 8.81. The first-order valence-corrected chi connectivity index (χ1v) is 7.60. The van der Waals surface area contributed by atoms with Gasteiger partial charge in [0, 0.05) is 0 Å². The van der Waals surface area contributed by atoms with Crippen LogP contribution in [0.2, 0.25) is 0 Å². The van der Waals surface area contributed by atoms with E-state index in [1.807, 2.05) is 0 Å². The van der Waals surface area contributed by atoms with Crippen LogP contribution in [0.5, 0.6) is 0 Å². The van der Waals surface area contributed by atoms with Gasteiger partial charge in [-0.15, -0.1) is 0 Å². The van der Waals surface area contributed by atoms with Crippen molar-refractivity contribution < 1.29 is 14.3 Å². The fraction of sp³-hybridized carbons (Fsp3) is 0.933. The fourth-order valence-electron chi connectivity index (χ4n) is 1.76. The van der Waals surface area contributed by atoms with Gasteiger partial charge in [0.25, 0.3) is 0 Å². The van der Waals surface area contributed by atoms with Crippen LogP contribution in [-0.4, -0.2) is 19.4 Å². The molecule has 0 atom stereocenters. The third kappa shape index (κ3) is 13.3. The van der Waals surface area contributed by atoms with Crippen LogP contribution in [0.1, 0.15) is 78.1 Å². The topological polar surface area (TPSA) is 35.5 Å². The molecular weight excluding hydrogens is 228 g/mol. The fourth-order valence-corrected chi connectivity index (χ4v) is 1.76. The Labute approximate surface area is 112 Å². The van der Waals surface area contributed by atoms with Crippen LogP contribution in [0, 0.1) is 0 Å². The maximum atomic E-state index is 11.2. The Bertz CT molecular complexity index is 181. The van der Waals surface area contributed by atoms with E-state index in [0.29, 0.717) is 13.2 Å². The zero-order valence-corrected chi connectivity index (χ0v) is 12.2. The third-order valence-corrected chi connectivity index (χ3v) is 2.94. The molecule has 0 aromatic heterocycles. The average Bonchev–Trinajstić information content (AvgIpc) is 2.37. The normalized spacial score (nSPS) is 10.3. The van der Waals surface area contributed by atoms with E-state index in [2.05, 4.69) is 13.8 Å². The van der Waals surface area contributed by atoms with Gasteiger partial charge in [0.05, 0.1) is 13.2 Å². The quantitative estimate of drug-likeness (QED) is 0.362. The number of hydrogen-bond acceptors (Lipinski definition) is 3. The van der Waals surface area contributed by atoms with Crippen LogP contribution in [0.3, 0.4) is 0 Å². The molecule has 0 aliphatic carbocycles. The summed E-state index contributed by atoms with van der Waals surface area (Å²) in [5, 5.41) is 0. The molecule has 0 heterocycles. The van der Waals surface area contributed by atoms with Crippen molar-refractivity contribution in [3.63, 3.8) is 0 Å². The molecule has 0 aromatic rings. The Morgan fingerprint density at radius 2 is 1.06 bits per heavy atom. The van der Waals surface area contributed by atoms with Crippen molar-refractivity contribution in [2.45, 2.75) is 78.1 Å². The van der Waals surface area contributed by atoms with Crippen LogP contribution >= 0.6 is 0 Å². The Hall–Kier alpha value is -0.730. The summed E-state index contributed by atoms with van der Waals surface area (Å²) in [4.78, 5) is 11.2. The molecule has 0 aliphatic rings. The molecule has 0 amide bonds. The Morgan fingerprint density at radius 1 is 0.667 bits per heavy atom. The molecule has 0 fully saturated rings. The standard InChI is InChI=1S/C15H30O3/c1-3-5-7-9-10-12-14-18-15(16)17-13-11-8-6-4-2/h3-14H2,1-2H3. The second-order valence-corrected chi connectivity index (χ2v) is 4.78. The summed E-state index contributed by atoms with van der Waals surface area (Å²) >= 11 is 0. The van der Waals surface area contributed by atoms with Crippen molar-refractivity contribution in [1.29, 1.82) is 0 Å². The van der Waals surface area contributed by atoms with Crippen molar-refractivity contribution in [3.05, 3.63) is 0 Å². The van der Waals surface area contributed by atoms with Gasteiger partial charge < -0.3 is 9.47 Å². The molecule has 3 nitrogen and oxygen atoms in total. The number of ether oxygens (including phenoxy) is 2. The van der Waals surface area contributed by atoms with Gasteiger partial charge in [0.2, 0.25) is 0 Å². The van der Waals surface area contributed by atoms with E-state index >= 15 is 0 Å². The Morgan fingerprint density at radius 3 is 1.56 bits per heavy atom. The maximum absolute atomic E-state index is 11.2. The maximum Gasteiger partial charge on any atom is 0.508 e. The van der Waals surface area contributed by atoms with Crippen molar-refractivity contribution in [1.82, 2.24) is 0 Å². The van der Waals surface area contributed by atoms with Crippen molar-refractivity contribution in [2.24, 2.45) is 0 Å². The molecule has 108 valence electrons. The highest BCUT2D eigenvalue weighted by atomic mass is 16.7. The van der Waals surface area contributed by atoms with Gasteiger partial charge in [-0.3, -0.25) is 0 Å². The van der Waals surface area contributed by atoms with Gasteiger partial charge >= 0.3 is 6.16 Å². The highest BCUT2D eigenvalue weighted by Gasteiger charge is 2.02. The minimum Gasteiger partial charge on any atom is -0.434 e. The van der Waals surface area contributed by atoms with Crippen LogP contribution < -0.4 is 0 Å². The monoisotopic (exact) mass is 258 g/mol. The minimum absolute atomic E-state index is 0.495. The highest BCUT2D eigenvalue weighted by Crippen LogP contribution is 2.05. The molecule has 0 aromatic carbocycles. The van der Waals surface area contributed by atoms with Crippen LogP contribution in [-0.2, 0) is 9.47 Å². The number of carbonyl (C=O) groups excluding carboxylic acids is 1. The van der Waals surface area contributed by atoms with Gasteiger partial charge in [-0.2, -0.15) is 0 Å². The van der Waals surface area contributed by atoms with Gasteiger partial charge in [0.15, 0.2) is 0 Å². The Balaban J connectivity index is 3.12. The molecular formula is C15H30O3. The molecule has 3 heteroatoms. The van der Waals surface area contributed by atoms with E-state index in [1.165, 1.54) is 38.5 Å². The summed E-state index contributed by atoms with van der Waals surface area (Å²) in [5.41, 5.74) is 0. The zero-order chi connectivity index (χ0) is 13.5. The lowest BCUT2D eigenvalue weighted by Crippen LogP contribution is -2.09. The van der Waals surface area contributed by atoms with Crippen LogP contribution in [0.25, 0.3) is 0 Å². The van der Waals surface area contributed by atoms with E-state index < -0.39 is 6.16 Å². The number of rotatable bonds is 12. The Kier molecular flexibility index (Phi) is 13.8. The zero-order valence-electron chi connectivity index (χ0n) is 12.2. The first-order valence-electron chi connectivity index (χ1n) is 7.60. The second kappa shape index (κ2) is 14.3. The average molecular weight is 258 g/mol. The predicted molar refractivity (Wildman–Crippen MR) is 74.8 cm³/mol. The summed E-state index contributed by atoms with van der Waals surface area (Å²) in [5.74, 6) is 0. The van der Waals surface area contributed by atoms with Crippen LogP contribution in [0.4, 0.5) is 4.79 Å². The van der Waals surface area contributed by atoms with E-state index in [-0.39, 0.29) is 0 Å². The lowest BCUT2D eigenvalue weighted by Gasteiger charge is -2.06. The van der Waals surface area contributed by atoms with Gasteiger partial charge in [0.1, 0.15) is 0 Å². The molecule has 0 N–H and O–H groups in total. The molecule has 0 rings (SSSR count). The smallest absolute Gasteiger partial charge is 0.434 e. The van der Waals surface area contributed by atoms with E-state index in [4.69, 9.17) is 9.47 Å². The molecule has 0 bridgehead atoms. The van der Waals surface area contributed by atoms with E-state index in [1.54, 1.807) is 0 Å². The molecule has 0 spiro atoms. The van der Waals surface area contributed by atoms with Crippen molar-refractivity contribution in [3.8, 4) is 0 Å². The van der Waals surface area contributed by atoms with Gasteiger partial charge in [-0.05, 0) is 12.8 Å². The lowest BCUT2D eigenvalue weighted by molar-refractivity contribution is 0.0529. The SMILES string of the molecule is CCCCCCCCOC(=O)OCCCCCC. The lowest BCUT2D eigenvalue weighted by atomic mass is 10.1. The highest BCUT2D eigenvalue weighted by molar-refractivity contribution is 5.59. The number of unbranched alkanes of at least 4 members (excludes halogenated alkanes) is 8. The minimum atomic E-state index is -0.500. The summed E-state index contributed by atoms with van der Waals surface area (Å²) in [6.07, 6.45) is 11.2. The van der Waals surface area contributed by atoms with Crippen LogP contribution in [0.15, 0.2) is 0 Å². The predicted octanol–water partition coefficient (Wildman–Crippen LogP) is 5.08. The van der Waals surface area contributed by atoms with E-state index in [0.717, 1.165) is 25.7 Å². The van der Waals surface area contributed by atoms with Gasteiger partial charge in [-0.1, -0.05) is 65.2 Å². The summed E-state index contributed by atoms with van der Waals surface area (Å²) in [7, 11) is 0. The van der Waals surface area contributed by atoms with Crippen molar-refractivity contribution in [2.75, 3.05) is 13.2 Å². The third-order valence-electron chi connectivity index (χ3n) is 2.94. The molecule has 0 radical (unpaired) electrons. The molecule has 0 unspecified atom stereocenters. The molecule has 0 aliphatic heterocycles. The molecule has 18 heavy (non-hydrogen) atoms. The first kappa shape index (κ1) is 17.3.